The molecule has 0 aromatic carbocycles. The van der Waals surface area contributed by atoms with E-state index < -0.39 is 0 Å². The van der Waals surface area contributed by atoms with Crippen LogP contribution >= 0.6 is 27.5 Å². The molecule has 1 aliphatic rings. The quantitative estimate of drug-likeness (QED) is 0.922. The molecule has 0 atom stereocenters. The summed E-state index contributed by atoms with van der Waals surface area (Å²) in [6.45, 7) is 0. The van der Waals surface area contributed by atoms with Crippen LogP contribution in [0.4, 0.5) is 5.82 Å². The molecule has 2 heterocycles. The summed E-state index contributed by atoms with van der Waals surface area (Å²) in [6, 6.07) is 3.59. The molecular formula is C13H12BrClN4. The molecule has 3 rings (SSSR count). The van der Waals surface area contributed by atoms with Crippen LogP contribution in [0.3, 0.4) is 0 Å². The zero-order valence-electron chi connectivity index (χ0n) is 10.3. The van der Waals surface area contributed by atoms with Crippen LogP contribution in [0.5, 0.6) is 0 Å². The third-order valence-electron chi connectivity index (χ3n) is 3.05. The summed E-state index contributed by atoms with van der Waals surface area (Å²) in [5.41, 5.74) is 1.66. The summed E-state index contributed by atoms with van der Waals surface area (Å²) >= 11 is 9.73. The van der Waals surface area contributed by atoms with Crippen LogP contribution in [0.15, 0.2) is 22.8 Å². The molecule has 1 saturated carbocycles. The number of halogens is 2. The number of nitrogens with zero attached hydrogens (tertiary/aromatic N) is 3. The first-order valence-electron chi connectivity index (χ1n) is 6.06. The molecule has 0 unspecified atom stereocenters. The predicted octanol–water partition coefficient (Wildman–Crippen LogP) is 3.87. The van der Waals surface area contributed by atoms with E-state index in [1.807, 2.05) is 7.05 Å². The molecule has 1 fully saturated rings. The summed E-state index contributed by atoms with van der Waals surface area (Å²) in [7, 11) is 1.84. The Balaban J connectivity index is 2.16. The monoisotopic (exact) mass is 338 g/mol. The van der Waals surface area contributed by atoms with Crippen LogP contribution in [-0.4, -0.2) is 22.0 Å². The zero-order valence-corrected chi connectivity index (χ0v) is 12.7. The second kappa shape index (κ2) is 5.06. The maximum Gasteiger partial charge on any atom is 0.182 e. The Morgan fingerprint density at radius 3 is 2.79 bits per heavy atom. The van der Waals surface area contributed by atoms with Gasteiger partial charge in [0.15, 0.2) is 5.82 Å². The third-order valence-corrected chi connectivity index (χ3v) is 4.13. The Morgan fingerprint density at radius 2 is 2.16 bits per heavy atom. The topological polar surface area (TPSA) is 50.7 Å². The smallest absolute Gasteiger partial charge is 0.182 e. The van der Waals surface area contributed by atoms with Crippen LogP contribution in [0.25, 0.3) is 11.5 Å². The molecule has 0 amide bonds. The molecule has 0 aliphatic heterocycles. The minimum absolute atomic E-state index is 0.519. The first-order valence-corrected chi connectivity index (χ1v) is 7.24. The van der Waals surface area contributed by atoms with Gasteiger partial charge in [-0.05, 0) is 40.9 Å². The first kappa shape index (κ1) is 12.8. The lowest BCUT2D eigenvalue weighted by Gasteiger charge is -2.10. The number of aromatic nitrogens is 3. The highest BCUT2D eigenvalue weighted by atomic mass is 79.9. The molecule has 2 aromatic rings. The molecule has 19 heavy (non-hydrogen) atoms. The Kier molecular flexibility index (Phi) is 3.41. The zero-order chi connectivity index (χ0) is 13.4. The highest BCUT2D eigenvalue weighted by Gasteiger charge is 2.29. The van der Waals surface area contributed by atoms with Crippen LogP contribution in [-0.2, 0) is 0 Å². The number of pyridine rings is 1. The maximum absolute atomic E-state index is 6.17. The average Bonchev–Trinajstić information content (AvgIpc) is 3.24. The van der Waals surface area contributed by atoms with Crippen molar-refractivity contribution in [1.82, 2.24) is 15.0 Å². The number of nitrogens with one attached hydrogen (secondary N) is 1. The van der Waals surface area contributed by atoms with Gasteiger partial charge in [-0.25, -0.2) is 9.97 Å². The molecular weight excluding hydrogens is 328 g/mol. The minimum atomic E-state index is 0.519. The standard InChI is InChI=1S/C13H12BrClN4/c1-16-12-9(14)10(7-4-5-7)18-13(19-12)11-8(15)3-2-6-17-11/h2-3,6-7H,4-5H2,1H3,(H,16,18,19). The van der Waals surface area contributed by atoms with Crippen molar-refractivity contribution in [2.75, 3.05) is 12.4 Å². The minimum Gasteiger partial charge on any atom is -0.372 e. The van der Waals surface area contributed by atoms with E-state index in [2.05, 4.69) is 36.2 Å². The number of hydrogen-bond donors (Lipinski definition) is 1. The summed E-state index contributed by atoms with van der Waals surface area (Å²) in [5, 5.41) is 3.64. The van der Waals surface area contributed by atoms with E-state index in [-0.39, 0.29) is 0 Å². The van der Waals surface area contributed by atoms with Crippen molar-refractivity contribution in [2.45, 2.75) is 18.8 Å². The average molecular weight is 340 g/mol. The Labute approximate surface area is 124 Å². The van der Waals surface area contributed by atoms with Gasteiger partial charge >= 0.3 is 0 Å². The Morgan fingerprint density at radius 1 is 1.37 bits per heavy atom. The van der Waals surface area contributed by atoms with Crippen LogP contribution < -0.4 is 5.32 Å². The normalized spacial score (nSPS) is 14.5. The Bertz CT molecular complexity index is 628. The van der Waals surface area contributed by atoms with Crippen LogP contribution in [0, 0.1) is 0 Å². The van der Waals surface area contributed by atoms with Crippen molar-refractivity contribution in [3.8, 4) is 11.5 Å². The predicted molar refractivity (Wildman–Crippen MR) is 79.5 cm³/mol. The summed E-state index contributed by atoms with van der Waals surface area (Å²) in [4.78, 5) is 13.4. The van der Waals surface area contributed by atoms with Crippen molar-refractivity contribution < 1.29 is 0 Å². The summed E-state index contributed by atoms with van der Waals surface area (Å²) in [6.07, 6.45) is 4.05. The van der Waals surface area contributed by atoms with Crippen molar-refractivity contribution in [2.24, 2.45) is 0 Å². The maximum atomic E-state index is 6.17. The van der Waals surface area contributed by atoms with Crippen LogP contribution in [0.1, 0.15) is 24.5 Å². The lowest BCUT2D eigenvalue weighted by molar-refractivity contribution is 0.974. The fourth-order valence-corrected chi connectivity index (χ4v) is 2.82. The molecule has 2 aromatic heterocycles. The van der Waals surface area contributed by atoms with Gasteiger partial charge in [0, 0.05) is 19.2 Å². The molecule has 98 valence electrons. The SMILES string of the molecule is CNc1nc(-c2ncccc2Cl)nc(C2CC2)c1Br. The first-order chi connectivity index (χ1) is 9.20. The molecule has 0 saturated heterocycles. The fourth-order valence-electron chi connectivity index (χ4n) is 1.91. The molecule has 0 spiro atoms. The van der Waals surface area contributed by atoms with E-state index in [0.717, 1.165) is 16.0 Å². The van der Waals surface area contributed by atoms with Gasteiger partial charge < -0.3 is 5.32 Å². The van der Waals surface area contributed by atoms with E-state index in [1.165, 1.54) is 12.8 Å². The van der Waals surface area contributed by atoms with Gasteiger partial charge in [0.1, 0.15) is 11.5 Å². The van der Waals surface area contributed by atoms with Gasteiger partial charge in [-0.3, -0.25) is 4.98 Å². The van der Waals surface area contributed by atoms with Crippen molar-refractivity contribution in [1.29, 1.82) is 0 Å². The molecule has 0 bridgehead atoms. The van der Waals surface area contributed by atoms with Crippen LogP contribution in [0.2, 0.25) is 5.02 Å². The third kappa shape index (κ3) is 2.44. The summed E-state index contributed by atoms with van der Waals surface area (Å²) in [5.74, 6) is 1.86. The number of anilines is 1. The number of rotatable bonds is 3. The highest BCUT2D eigenvalue weighted by Crippen LogP contribution is 2.44. The second-order valence-electron chi connectivity index (χ2n) is 4.45. The molecule has 0 radical (unpaired) electrons. The van der Waals surface area contributed by atoms with Gasteiger partial charge in [-0.2, -0.15) is 0 Å². The van der Waals surface area contributed by atoms with Gasteiger partial charge in [0.05, 0.1) is 15.2 Å². The Hall–Kier alpha value is -1.20. The molecule has 4 nitrogen and oxygen atoms in total. The van der Waals surface area contributed by atoms with Gasteiger partial charge in [0.25, 0.3) is 0 Å². The van der Waals surface area contributed by atoms with Gasteiger partial charge in [0.2, 0.25) is 0 Å². The number of hydrogen-bond acceptors (Lipinski definition) is 4. The van der Waals surface area contributed by atoms with E-state index in [9.17, 15) is 0 Å². The van der Waals surface area contributed by atoms with Gasteiger partial charge in [-0.15, -0.1) is 0 Å². The van der Waals surface area contributed by atoms with Crippen molar-refractivity contribution >= 4 is 33.3 Å². The van der Waals surface area contributed by atoms with E-state index >= 15 is 0 Å². The second-order valence-corrected chi connectivity index (χ2v) is 5.65. The van der Waals surface area contributed by atoms with E-state index in [4.69, 9.17) is 11.6 Å². The van der Waals surface area contributed by atoms with E-state index in [1.54, 1.807) is 18.3 Å². The van der Waals surface area contributed by atoms with Crippen molar-refractivity contribution in [3.63, 3.8) is 0 Å². The molecule has 1 aliphatic carbocycles. The van der Waals surface area contributed by atoms with E-state index in [0.29, 0.717) is 22.5 Å². The van der Waals surface area contributed by atoms with Crippen molar-refractivity contribution in [3.05, 3.63) is 33.5 Å². The molecule has 6 heteroatoms. The lowest BCUT2D eigenvalue weighted by Crippen LogP contribution is -2.03. The highest BCUT2D eigenvalue weighted by molar-refractivity contribution is 9.10. The van der Waals surface area contributed by atoms with Gasteiger partial charge in [-0.1, -0.05) is 11.6 Å². The fraction of sp³-hybridized carbons (Fsp3) is 0.308. The molecule has 1 N–H and O–H groups in total. The lowest BCUT2D eigenvalue weighted by atomic mass is 10.2. The largest absolute Gasteiger partial charge is 0.372 e. The summed E-state index contributed by atoms with van der Waals surface area (Å²) < 4.78 is 0.938.